The van der Waals surface area contributed by atoms with E-state index in [4.69, 9.17) is 0 Å². The number of benzene rings is 1. The Kier molecular flexibility index (Phi) is 4.10. The van der Waals surface area contributed by atoms with Crippen LogP contribution in [-0.2, 0) is 6.54 Å². The number of para-hydroxylation sites is 1. The first-order valence-electron chi connectivity index (χ1n) is 8.35. The fourth-order valence-electron chi connectivity index (χ4n) is 3.10. The summed E-state index contributed by atoms with van der Waals surface area (Å²) in [6.45, 7) is 0.924. The number of nitrogens with zero attached hydrogens (tertiary/aromatic N) is 5. The number of pyridine rings is 2. The van der Waals surface area contributed by atoms with E-state index >= 15 is 0 Å². The lowest BCUT2D eigenvalue weighted by atomic mass is 10.2. The van der Waals surface area contributed by atoms with Gasteiger partial charge in [-0.1, -0.05) is 30.0 Å². The summed E-state index contributed by atoms with van der Waals surface area (Å²) in [5.74, 6) is 1.93. The molecule has 0 spiro atoms. The molecule has 0 radical (unpaired) electrons. The van der Waals surface area contributed by atoms with Gasteiger partial charge in [-0.2, -0.15) is 0 Å². The minimum Gasteiger partial charge on any atom is -0.301 e. The van der Waals surface area contributed by atoms with E-state index < -0.39 is 0 Å². The third kappa shape index (κ3) is 2.87. The van der Waals surface area contributed by atoms with E-state index in [1.165, 1.54) is 10.3 Å². The van der Waals surface area contributed by atoms with Gasteiger partial charge in [-0.3, -0.25) is 9.97 Å². The van der Waals surface area contributed by atoms with Gasteiger partial charge >= 0.3 is 0 Å². The average Bonchev–Trinajstić information content (AvgIpc) is 3.27. The number of thioether (sulfide) groups is 2. The third-order valence-electron chi connectivity index (χ3n) is 4.33. The number of aromatic nitrogens is 5. The van der Waals surface area contributed by atoms with Crippen LogP contribution in [0.3, 0.4) is 0 Å². The molecule has 0 amide bonds. The van der Waals surface area contributed by atoms with Crippen LogP contribution < -0.4 is 0 Å². The molecule has 0 saturated carbocycles. The van der Waals surface area contributed by atoms with Crippen molar-refractivity contribution in [3.63, 3.8) is 0 Å². The SMILES string of the molecule is c1cncc(-c2nnc3n2C[C@H](CSc2ccnc4ccccc24)S3)c1. The lowest BCUT2D eigenvalue weighted by molar-refractivity contribution is 0.678. The van der Waals surface area contributed by atoms with Crippen molar-refractivity contribution in [1.82, 2.24) is 24.7 Å². The molecule has 0 N–H and O–H groups in total. The molecule has 4 heterocycles. The van der Waals surface area contributed by atoms with E-state index in [1.54, 1.807) is 6.20 Å². The summed E-state index contributed by atoms with van der Waals surface area (Å²) in [5.41, 5.74) is 2.06. The summed E-state index contributed by atoms with van der Waals surface area (Å²) < 4.78 is 2.21. The number of fused-ring (bicyclic) bond motifs is 2. The lowest BCUT2D eigenvalue weighted by Crippen LogP contribution is -2.09. The maximum Gasteiger partial charge on any atom is 0.191 e. The van der Waals surface area contributed by atoms with Gasteiger partial charge in [0.15, 0.2) is 11.0 Å². The smallest absolute Gasteiger partial charge is 0.191 e. The second kappa shape index (κ2) is 6.74. The molecule has 0 fully saturated rings. The first kappa shape index (κ1) is 15.8. The molecule has 4 aromatic rings. The fraction of sp³-hybridized carbons (Fsp3) is 0.158. The summed E-state index contributed by atoms with van der Waals surface area (Å²) in [7, 11) is 0. The van der Waals surface area contributed by atoms with E-state index in [9.17, 15) is 0 Å². The van der Waals surface area contributed by atoms with Gasteiger partial charge in [0.25, 0.3) is 0 Å². The van der Waals surface area contributed by atoms with Gasteiger partial charge in [-0.25, -0.2) is 0 Å². The normalized spacial score (nSPS) is 16.1. The Morgan fingerprint density at radius 1 is 1.08 bits per heavy atom. The Morgan fingerprint density at radius 2 is 2.04 bits per heavy atom. The minimum absolute atomic E-state index is 0.479. The Morgan fingerprint density at radius 3 is 2.96 bits per heavy atom. The number of rotatable bonds is 4. The van der Waals surface area contributed by atoms with E-state index in [2.05, 4.69) is 49.0 Å². The van der Waals surface area contributed by atoms with E-state index in [1.807, 2.05) is 54.1 Å². The van der Waals surface area contributed by atoms with Gasteiger partial charge in [-0.15, -0.1) is 22.0 Å². The molecule has 5 nitrogen and oxygen atoms in total. The molecule has 26 heavy (non-hydrogen) atoms. The Balaban J connectivity index is 1.33. The molecule has 128 valence electrons. The highest BCUT2D eigenvalue weighted by atomic mass is 32.2. The highest BCUT2D eigenvalue weighted by Crippen LogP contribution is 2.37. The molecule has 0 saturated heterocycles. The van der Waals surface area contributed by atoms with Gasteiger partial charge < -0.3 is 4.57 Å². The Bertz CT molecular complexity index is 1060. The van der Waals surface area contributed by atoms with Crippen LogP contribution in [-0.4, -0.2) is 35.7 Å². The minimum atomic E-state index is 0.479. The van der Waals surface area contributed by atoms with Crippen LogP contribution in [0, 0.1) is 0 Å². The van der Waals surface area contributed by atoms with Crippen molar-refractivity contribution < 1.29 is 0 Å². The van der Waals surface area contributed by atoms with Gasteiger partial charge in [0.05, 0.1) is 5.52 Å². The lowest BCUT2D eigenvalue weighted by Gasteiger charge is -2.10. The van der Waals surface area contributed by atoms with Crippen LogP contribution in [0.2, 0.25) is 0 Å². The Hall–Kier alpha value is -2.38. The quantitative estimate of drug-likeness (QED) is 0.498. The van der Waals surface area contributed by atoms with Crippen molar-refractivity contribution in [3.8, 4) is 11.4 Å². The molecule has 1 aliphatic rings. The molecule has 1 aromatic carbocycles. The summed E-state index contributed by atoms with van der Waals surface area (Å²) in [6, 6.07) is 14.4. The molecular weight excluding hydrogens is 362 g/mol. The van der Waals surface area contributed by atoms with Gasteiger partial charge in [-0.05, 0) is 24.3 Å². The second-order valence-corrected chi connectivity index (χ2v) is 8.36. The van der Waals surface area contributed by atoms with Crippen molar-refractivity contribution in [1.29, 1.82) is 0 Å². The van der Waals surface area contributed by atoms with Crippen LogP contribution >= 0.6 is 23.5 Å². The molecular formula is C19H15N5S2. The monoisotopic (exact) mass is 377 g/mol. The van der Waals surface area contributed by atoms with Gasteiger partial charge in [0.1, 0.15) is 0 Å². The van der Waals surface area contributed by atoms with Crippen molar-refractivity contribution in [2.45, 2.75) is 21.8 Å². The van der Waals surface area contributed by atoms with Crippen LogP contribution in [0.4, 0.5) is 0 Å². The van der Waals surface area contributed by atoms with Crippen molar-refractivity contribution in [3.05, 3.63) is 61.1 Å². The van der Waals surface area contributed by atoms with E-state index in [0.29, 0.717) is 5.25 Å². The van der Waals surface area contributed by atoms with Crippen LogP contribution in [0.1, 0.15) is 0 Å². The summed E-state index contributed by atoms with van der Waals surface area (Å²) in [6.07, 6.45) is 5.51. The summed E-state index contributed by atoms with van der Waals surface area (Å²) in [5, 5.41) is 11.4. The van der Waals surface area contributed by atoms with Crippen molar-refractivity contribution >= 4 is 34.4 Å². The highest BCUT2D eigenvalue weighted by molar-refractivity contribution is 8.03. The average molecular weight is 377 g/mol. The molecule has 5 rings (SSSR count). The van der Waals surface area contributed by atoms with Crippen molar-refractivity contribution in [2.75, 3.05) is 5.75 Å². The van der Waals surface area contributed by atoms with Gasteiger partial charge in [0, 0.05) is 52.0 Å². The molecule has 1 aliphatic heterocycles. The zero-order chi connectivity index (χ0) is 17.3. The van der Waals surface area contributed by atoms with Crippen LogP contribution in [0.15, 0.2) is 71.1 Å². The number of hydrogen-bond acceptors (Lipinski definition) is 6. The standard InChI is InChI=1S/C19H15N5S2/c1-2-6-16-15(5-1)17(7-9-21-16)25-12-14-11-24-18(22-23-19(24)26-14)13-4-3-8-20-10-13/h1-10,14H,11-12H2/t14-/m1/s1. The van der Waals surface area contributed by atoms with E-state index in [0.717, 1.165) is 34.4 Å². The van der Waals surface area contributed by atoms with Crippen molar-refractivity contribution in [2.24, 2.45) is 0 Å². The summed E-state index contributed by atoms with van der Waals surface area (Å²) in [4.78, 5) is 9.92. The third-order valence-corrected chi connectivity index (χ3v) is 6.94. The topological polar surface area (TPSA) is 56.5 Å². The largest absolute Gasteiger partial charge is 0.301 e. The highest BCUT2D eigenvalue weighted by Gasteiger charge is 2.27. The molecule has 7 heteroatoms. The van der Waals surface area contributed by atoms with Crippen LogP contribution in [0.5, 0.6) is 0 Å². The molecule has 0 bridgehead atoms. The fourth-order valence-corrected chi connectivity index (χ4v) is 5.43. The van der Waals surface area contributed by atoms with Crippen LogP contribution in [0.25, 0.3) is 22.3 Å². The van der Waals surface area contributed by atoms with E-state index in [-0.39, 0.29) is 0 Å². The predicted octanol–water partition coefficient (Wildman–Crippen LogP) is 4.15. The maximum absolute atomic E-state index is 4.44. The first-order chi connectivity index (χ1) is 12.9. The number of hydrogen-bond donors (Lipinski definition) is 0. The maximum atomic E-state index is 4.44. The zero-order valence-corrected chi connectivity index (χ0v) is 15.5. The zero-order valence-electron chi connectivity index (χ0n) is 13.8. The first-order valence-corrected chi connectivity index (χ1v) is 10.2. The second-order valence-electron chi connectivity index (χ2n) is 6.04. The predicted molar refractivity (Wildman–Crippen MR) is 105 cm³/mol. The Labute approximate surface area is 159 Å². The van der Waals surface area contributed by atoms with Gasteiger partial charge in [0.2, 0.25) is 0 Å². The molecule has 0 unspecified atom stereocenters. The summed E-state index contributed by atoms with van der Waals surface area (Å²) >= 11 is 3.70. The molecule has 0 aliphatic carbocycles. The molecule has 1 atom stereocenters. The molecule has 3 aromatic heterocycles.